The Labute approximate surface area is 116 Å². The molecule has 0 spiro atoms. The third-order valence-corrected chi connectivity index (χ3v) is 3.16. The molecule has 0 saturated heterocycles. The van der Waals surface area contributed by atoms with Crippen molar-refractivity contribution in [2.45, 2.75) is 18.6 Å². The van der Waals surface area contributed by atoms with E-state index in [0.29, 0.717) is 12.0 Å². The first-order chi connectivity index (χ1) is 9.06. The first-order valence-corrected chi connectivity index (χ1v) is 6.37. The SMILES string of the molecule is NC(Cc1ccccc1)C(O)c1cc(F)cc(Cl)c1. The predicted octanol–water partition coefficient (Wildman–Crippen LogP) is 3.08. The van der Waals surface area contributed by atoms with Crippen molar-refractivity contribution in [3.05, 3.63) is 70.5 Å². The van der Waals surface area contributed by atoms with Crippen LogP contribution in [0.25, 0.3) is 0 Å². The molecule has 0 fully saturated rings. The summed E-state index contributed by atoms with van der Waals surface area (Å²) in [5.74, 6) is -0.478. The molecule has 0 amide bonds. The third-order valence-electron chi connectivity index (χ3n) is 2.95. The van der Waals surface area contributed by atoms with Crippen LogP contribution in [0.4, 0.5) is 4.39 Å². The number of hydrogen-bond acceptors (Lipinski definition) is 2. The van der Waals surface area contributed by atoms with Crippen LogP contribution in [-0.4, -0.2) is 11.1 Å². The van der Waals surface area contributed by atoms with Crippen molar-refractivity contribution in [2.24, 2.45) is 5.73 Å². The Hall–Kier alpha value is -1.42. The largest absolute Gasteiger partial charge is 0.387 e. The smallest absolute Gasteiger partial charge is 0.125 e. The fourth-order valence-electron chi connectivity index (χ4n) is 1.99. The molecule has 2 unspecified atom stereocenters. The highest BCUT2D eigenvalue weighted by Gasteiger charge is 2.18. The monoisotopic (exact) mass is 279 g/mol. The van der Waals surface area contributed by atoms with E-state index >= 15 is 0 Å². The second-order valence-electron chi connectivity index (χ2n) is 4.50. The highest BCUT2D eigenvalue weighted by molar-refractivity contribution is 6.30. The summed E-state index contributed by atoms with van der Waals surface area (Å²) in [6.07, 6.45) is -0.440. The summed E-state index contributed by atoms with van der Waals surface area (Å²) in [6, 6.07) is 13.1. The van der Waals surface area contributed by atoms with Crippen LogP contribution in [0.15, 0.2) is 48.5 Å². The number of halogens is 2. The van der Waals surface area contributed by atoms with Gasteiger partial charge in [-0.1, -0.05) is 41.9 Å². The van der Waals surface area contributed by atoms with E-state index in [4.69, 9.17) is 17.3 Å². The molecule has 2 atom stereocenters. The Bertz CT molecular complexity index is 527. The predicted molar refractivity (Wildman–Crippen MR) is 74.5 cm³/mol. The van der Waals surface area contributed by atoms with Crippen molar-refractivity contribution in [1.29, 1.82) is 0 Å². The summed E-state index contributed by atoms with van der Waals surface area (Å²) in [4.78, 5) is 0. The Morgan fingerprint density at radius 3 is 2.47 bits per heavy atom. The lowest BCUT2D eigenvalue weighted by Crippen LogP contribution is -2.30. The van der Waals surface area contributed by atoms with E-state index in [1.807, 2.05) is 30.3 Å². The van der Waals surface area contributed by atoms with Gasteiger partial charge >= 0.3 is 0 Å². The van der Waals surface area contributed by atoms with Crippen LogP contribution in [0.5, 0.6) is 0 Å². The van der Waals surface area contributed by atoms with Gasteiger partial charge in [-0.2, -0.15) is 0 Å². The Morgan fingerprint density at radius 1 is 1.16 bits per heavy atom. The van der Waals surface area contributed by atoms with Gasteiger partial charge in [0.05, 0.1) is 6.10 Å². The van der Waals surface area contributed by atoms with Crippen LogP contribution >= 0.6 is 11.6 Å². The van der Waals surface area contributed by atoms with Gasteiger partial charge in [0.1, 0.15) is 5.82 Å². The van der Waals surface area contributed by atoms with Gasteiger partial charge in [-0.15, -0.1) is 0 Å². The summed E-state index contributed by atoms with van der Waals surface area (Å²) >= 11 is 5.77. The normalized spacial score (nSPS) is 14.1. The van der Waals surface area contributed by atoms with Crippen LogP contribution in [0, 0.1) is 5.82 Å². The van der Waals surface area contributed by atoms with E-state index in [0.717, 1.165) is 5.56 Å². The molecule has 4 heteroatoms. The Balaban J connectivity index is 2.12. The molecule has 100 valence electrons. The van der Waals surface area contributed by atoms with Gasteiger partial charge in [0.15, 0.2) is 0 Å². The molecule has 0 heterocycles. The van der Waals surface area contributed by atoms with Gasteiger partial charge in [-0.25, -0.2) is 4.39 Å². The second-order valence-corrected chi connectivity index (χ2v) is 4.94. The maximum Gasteiger partial charge on any atom is 0.125 e. The summed E-state index contributed by atoms with van der Waals surface area (Å²) in [7, 11) is 0. The van der Waals surface area contributed by atoms with Crippen molar-refractivity contribution >= 4 is 11.6 Å². The summed E-state index contributed by atoms with van der Waals surface area (Å²) in [5.41, 5.74) is 7.39. The number of benzene rings is 2. The molecule has 2 nitrogen and oxygen atoms in total. The van der Waals surface area contributed by atoms with Crippen molar-refractivity contribution in [3.63, 3.8) is 0 Å². The number of aliphatic hydroxyl groups excluding tert-OH is 1. The molecule has 0 aliphatic heterocycles. The third kappa shape index (κ3) is 3.77. The van der Waals surface area contributed by atoms with Gasteiger partial charge in [-0.3, -0.25) is 0 Å². The van der Waals surface area contributed by atoms with E-state index < -0.39 is 18.0 Å². The molecule has 0 radical (unpaired) electrons. The minimum Gasteiger partial charge on any atom is -0.387 e. The zero-order valence-electron chi connectivity index (χ0n) is 10.3. The summed E-state index contributed by atoms with van der Waals surface area (Å²) in [5, 5.41) is 10.4. The lowest BCUT2D eigenvalue weighted by Gasteiger charge is -2.19. The molecule has 3 N–H and O–H groups in total. The van der Waals surface area contributed by atoms with Crippen molar-refractivity contribution in [1.82, 2.24) is 0 Å². The fourth-order valence-corrected chi connectivity index (χ4v) is 2.22. The summed E-state index contributed by atoms with van der Waals surface area (Å²) < 4.78 is 13.2. The molecule has 19 heavy (non-hydrogen) atoms. The van der Waals surface area contributed by atoms with Crippen LogP contribution in [0.1, 0.15) is 17.2 Å². The number of aliphatic hydroxyl groups is 1. The molecule has 2 aromatic carbocycles. The topological polar surface area (TPSA) is 46.2 Å². The van der Waals surface area contributed by atoms with Gasteiger partial charge in [0.2, 0.25) is 0 Å². The quantitative estimate of drug-likeness (QED) is 0.903. The Kier molecular flexibility index (Phi) is 4.53. The van der Waals surface area contributed by atoms with E-state index in [9.17, 15) is 9.50 Å². The molecular formula is C15H15ClFNO. The highest BCUT2D eigenvalue weighted by Crippen LogP contribution is 2.23. The molecule has 2 aromatic rings. The average Bonchev–Trinajstić information content (AvgIpc) is 2.37. The highest BCUT2D eigenvalue weighted by atomic mass is 35.5. The Morgan fingerprint density at radius 2 is 1.84 bits per heavy atom. The van der Waals surface area contributed by atoms with Gasteiger partial charge in [-0.05, 0) is 35.7 Å². The molecule has 0 saturated carbocycles. The molecule has 0 bridgehead atoms. The van der Waals surface area contributed by atoms with Crippen LogP contribution in [-0.2, 0) is 6.42 Å². The molecule has 0 aliphatic carbocycles. The van der Waals surface area contributed by atoms with Crippen LogP contribution in [0.3, 0.4) is 0 Å². The maximum absolute atomic E-state index is 13.2. The number of nitrogens with two attached hydrogens (primary N) is 1. The lowest BCUT2D eigenvalue weighted by molar-refractivity contribution is 0.146. The van der Waals surface area contributed by atoms with E-state index in [1.54, 1.807) is 0 Å². The maximum atomic E-state index is 13.2. The average molecular weight is 280 g/mol. The first kappa shape index (κ1) is 14.0. The lowest BCUT2D eigenvalue weighted by atomic mass is 9.97. The molecule has 0 aliphatic rings. The minimum absolute atomic E-state index is 0.251. The number of hydrogen-bond donors (Lipinski definition) is 2. The first-order valence-electron chi connectivity index (χ1n) is 6.00. The molecular weight excluding hydrogens is 265 g/mol. The zero-order chi connectivity index (χ0) is 13.8. The van der Waals surface area contributed by atoms with Gasteiger partial charge in [0, 0.05) is 11.1 Å². The van der Waals surface area contributed by atoms with Crippen LogP contribution < -0.4 is 5.73 Å². The minimum atomic E-state index is -0.951. The summed E-state index contributed by atoms with van der Waals surface area (Å²) in [6.45, 7) is 0. The van der Waals surface area contributed by atoms with Gasteiger partial charge < -0.3 is 10.8 Å². The van der Waals surface area contributed by atoms with Gasteiger partial charge in [0.25, 0.3) is 0 Å². The van der Waals surface area contributed by atoms with E-state index in [1.165, 1.54) is 18.2 Å². The molecule has 0 aromatic heterocycles. The van der Waals surface area contributed by atoms with E-state index in [2.05, 4.69) is 0 Å². The van der Waals surface area contributed by atoms with Crippen molar-refractivity contribution in [3.8, 4) is 0 Å². The van der Waals surface area contributed by atoms with Crippen molar-refractivity contribution < 1.29 is 9.50 Å². The van der Waals surface area contributed by atoms with Crippen molar-refractivity contribution in [2.75, 3.05) is 0 Å². The number of rotatable bonds is 4. The molecule has 2 rings (SSSR count). The van der Waals surface area contributed by atoms with E-state index in [-0.39, 0.29) is 5.02 Å². The fraction of sp³-hybridized carbons (Fsp3) is 0.200. The second kappa shape index (κ2) is 6.15. The van der Waals surface area contributed by atoms with Crippen LogP contribution in [0.2, 0.25) is 5.02 Å². The zero-order valence-corrected chi connectivity index (χ0v) is 11.0. The standard InChI is InChI=1S/C15H15ClFNO/c16-12-7-11(8-13(17)9-12)15(19)14(18)6-10-4-2-1-3-5-10/h1-5,7-9,14-15,19H,6,18H2.